The van der Waals surface area contributed by atoms with E-state index in [1.165, 1.54) is 23.2 Å². The number of anilines is 1. The fourth-order valence-corrected chi connectivity index (χ4v) is 6.49. The molecule has 3 aliphatic heterocycles. The summed E-state index contributed by atoms with van der Waals surface area (Å²) in [5.74, 6) is 2.31. The molecule has 2 saturated heterocycles. The van der Waals surface area contributed by atoms with E-state index < -0.39 is 0 Å². The van der Waals surface area contributed by atoms with E-state index in [9.17, 15) is 4.79 Å². The zero-order valence-electron chi connectivity index (χ0n) is 18.9. The first-order valence-corrected chi connectivity index (χ1v) is 12.4. The Morgan fingerprint density at radius 3 is 2.82 bits per heavy atom. The average molecular weight is 443 g/mol. The highest BCUT2D eigenvalue weighted by Crippen LogP contribution is 2.58. The number of piperidine rings is 1. The molecule has 7 heteroatoms. The van der Waals surface area contributed by atoms with Crippen molar-refractivity contribution in [1.29, 1.82) is 0 Å². The smallest absolute Gasteiger partial charge is 0.229 e. The van der Waals surface area contributed by atoms with E-state index in [0.717, 1.165) is 75.9 Å². The van der Waals surface area contributed by atoms with Crippen LogP contribution in [0.5, 0.6) is 0 Å². The lowest BCUT2D eigenvalue weighted by atomic mass is 9.87. The fraction of sp³-hybridized carbons (Fsp3) is 0.500. The summed E-state index contributed by atoms with van der Waals surface area (Å²) in [5, 5.41) is 8.06. The van der Waals surface area contributed by atoms with E-state index in [0.29, 0.717) is 5.91 Å². The van der Waals surface area contributed by atoms with Crippen LogP contribution in [-0.2, 0) is 23.1 Å². The summed E-state index contributed by atoms with van der Waals surface area (Å²) in [4.78, 5) is 22.9. The molecule has 1 saturated carbocycles. The number of nitrogens with zero attached hydrogens (tertiary/aromatic N) is 5. The quantitative estimate of drug-likeness (QED) is 0.673. The minimum absolute atomic E-state index is 0.0754. The highest BCUT2D eigenvalue weighted by molar-refractivity contribution is 5.82. The number of rotatable bonds is 3. The molecule has 2 aromatic heterocycles. The first-order chi connectivity index (χ1) is 16.2. The molecule has 2 atom stereocenters. The van der Waals surface area contributed by atoms with Crippen LogP contribution in [0.4, 0.5) is 5.82 Å². The van der Waals surface area contributed by atoms with Crippen molar-refractivity contribution in [2.75, 3.05) is 44.2 Å². The second-order valence-electron chi connectivity index (χ2n) is 10.3. The number of carbonyl (C=O) groups excluding carboxylic acids is 1. The number of nitrogens with one attached hydrogen (secondary N) is 1. The van der Waals surface area contributed by atoms with E-state index in [-0.39, 0.29) is 11.3 Å². The third kappa shape index (κ3) is 3.01. The van der Waals surface area contributed by atoms with Crippen molar-refractivity contribution in [3.63, 3.8) is 0 Å². The van der Waals surface area contributed by atoms with Crippen LogP contribution in [0.15, 0.2) is 42.6 Å². The first-order valence-electron chi connectivity index (χ1n) is 12.4. The van der Waals surface area contributed by atoms with Gasteiger partial charge in [0.25, 0.3) is 0 Å². The van der Waals surface area contributed by atoms with Crippen molar-refractivity contribution >= 4 is 17.4 Å². The summed E-state index contributed by atoms with van der Waals surface area (Å²) >= 11 is 0. The Labute approximate surface area is 193 Å². The lowest BCUT2D eigenvalue weighted by molar-refractivity contribution is -0.137. The van der Waals surface area contributed by atoms with Crippen molar-refractivity contribution in [2.45, 2.75) is 31.1 Å². The average Bonchev–Trinajstić information content (AvgIpc) is 3.46. The van der Waals surface area contributed by atoms with Crippen LogP contribution in [-0.4, -0.2) is 64.7 Å². The van der Waals surface area contributed by atoms with Crippen LogP contribution in [0.2, 0.25) is 0 Å². The van der Waals surface area contributed by atoms with Crippen molar-refractivity contribution in [1.82, 2.24) is 24.8 Å². The van der Waals surface area contributed by atoms with Gasteiger partial charge in [-0.2, -0.15) is 9.61 Å². The van der Waals surface area contributed by atoms with Gasteiger partial charge in [0.05, 0.1) is 17.8 Å². The topological polar surface area (TPSA) is 65.8 Å². The van der Waals surface area contributed by atoms with E-state index in [2.05, 4.69) is 50.5 Å². The van der Waals surface area contributed by atoms with Crippen LogP contribution in [0.1, 0.15) is 29.7 Å². The predicted molar refractivity (Wildman–Crippen MR) is 126 cm³/mol. The van der Waals surface area contributed by atoms with E-state index in [1.807, 2.05) is 16.8 Å². The summed E-state index contributed by atoms with van der Waals surface area (Å²) in [6.07, 6.45) is 6.09. The number of hydrogen-bond donors (Lipinski definition) is 1. The Kier molecular flexibility index (Phi) is 4.31. The summed E-state index contributed by atoms with van der Waals surface area (Å²) in [5.41, 5.74) is 5.00. The molecule has 7 rings (SSSR count). The highest BCUT2D eigenvalue weighted by atomic mass is 16.2. The Balaban J connectivity index is 1.11. The number of carbonyl (C=O) groups is 1. The van der Waals surface area contributed by atoms with Crippen LogP contribution >= 0.6 is 0 Å². The minimum Gasteiger partial charge on any atom is -0.354 e. The standard InChI is InChI=1S/C26H30N6O/c33-25(30-13-9-20-14-26(20,17-30)19-4-2-1-3-5-19)18-15-31(16-18)24-21-6-10-27-11-7-22(21)29-23-8-12-28-32(23)24/h1-5,8,12,18,20,27H,6-7,9-11,13-17H2/t20-,26?/m1/s1. The summed E-state index contributed by atoms with van der Waals surface area (Å²) in [7, 11) is 0. The summed E-state index contributed by atoms with van der Waals surface area (Å²) in [6.45, 7) is 5.27. The molecule has 33 heavy (non-hydrogen) atoms. The van der Waals surface area contributed by atoms with Gasteiger partial charge in [-0.3, -0.25) is 4.79 Å². The predicted octanol–water partition coefficient (Wildman–Crippen LogP) is 2.04. The number of aromatic nitrogens is 3. The number of likely N-dealkylation sites (tertiary alicyclic amines) is 1. The molecule has 1 aliphatic carbocycles. The highest BCUT2D eigenvalue weighted by Gasteiger charge is 2.58. The number of fused-ring (bicyclic) bond motifs is 3. The molecule has 3 aromatic rings. The van der Waals surface area contributed by atoms with Gasteiger partial charge >= 0.3 is 0 Å². The summed E-state index contributed by atoms with van der Waals surface area (Å²) < 4.78 is 1.98. The SMILES string of the molecule is O=C(C1CN(c2c3c(nc4ccnn24)CCNCC3)C1)N1CC[C@@H]2CC2(c2ccccc2)C1. The second kappa shape index (κ2) is 7.29. The van der Waals surface area contributed by atoms with Crippen molar-refractivity contribution in [3.05, 3.63) is 59.4 Å². The van der Waals surface area contributed by atoms with Crippen LogP contribution < -0.4 is 10.2 Å². The molecule has 0 radical (unpaired) electrons. The van der Waals surface area contributed by atoms with E-state index >= 15 is 0 Å². The molecule has 0 bridgehead atoms. The van der Waals surface area contributed by atoms with Gasteiger partial charge in [0.1, 0.15) is 5.82 Å². The fourth-order valence-electron chi connectivity index (χ4n) is 6.49. The monoisotopic (exact) mass is 442 g/mol. The molecule has 5 heterocycles. The number of benzene rings is 1. The maximum absolute atomic E-state index is 13.5. The Hall–Kier alpha value is -2.93. The number of amides is 1. The molecule has 1 unspecified atom stereocenters. The lowest BCUT2D eigenvalue weighted by Crippen LogP contribution is -2.57. The maximum Gasteiger partial charge on any atom is 0.229 e. The largest absolute Gasteiger partial charge is 0.354 e. The molecule has 170 valence electrons. The summed E-state index contributed by atoms with van der Waals surface area (Å²) in [6, 6.07) is 12.8. The molecule has 1 aromatic carbocycles. The van der Waals surface area contributed by atoms with Gasteiger partial charge in [-0.1, -0.05) is 30.3 Å². The zero-order chi connectivity index (χ0) is 22.0. The van der Waals surface area contributed by atoms with Gasteiger partial charge in [0, 0.05) is 56.2 Å². The van der Waals surface area contributed by atoms with Gasteiger partial charge < -0.3 is 15.1 Å². The Morgan fingerprint density at radius 2 is 1.94 bits per heavy atom. The second-order valence-corrected chi connectivity index (χ2v) is 10.3. The number of hydrogen-bond acceptors (Lipinski definition) is 5. The van der Waals surface area contributed by atoms with Gasteiger partial charge in [0.15, 0.2) is 5.65 Å². The van der Waals surface area contributed by atoms with Crippen molar-refractivity contribution in [2.24, 2.45) is 11.8 Å². The third-order valence-corrected chi connectivity index (χ3v) is 8.42. The zero-order valence-corrected chi connectivity index (χ0v) is 18.9. The van der Waals surface area contributed by atoms with Gasteiger partial charge in [-0.05, 0) is 37.3 Å². The molecule has 0 spiro atoms. The molecule has 7 nitrogen and oxygen atoms in total. The van der Waals surface area contributed by atoms with Crippen LogP contribution in [0.25, 0.3) is 5.65 Å². The van der Waals surface area contributed by atoms with E-state index in [4.69, 9.17) is 4.98 Å². The molecule has 3 fully saturated rings. The third-order valence-electron chi connectivity index (χ3n) is 8.42. The van der Waals surface area contributed by atoms with Crippen LogP contribution in [0.3, 0.4) is 0 Å². The van der Waals surface area contributed by atoms with Crippen LogP contribution in [0, 0.1) is 11.8 Å². The Morgan fingerprint density at radius 1 is 1.09 bits per heavy atom. The lowest BCUT2D eigenvalue weighted by Gasteiger charge is -2.44. The van der Waals surface area contributed by atoms with Gasteiger partial charge in [-0.15, -0.1) is 0 Å². The first kappa shape index (κ1) is 19.5. The van der Waals surface area contributed by atoms with Gasteiger partial charge in [0.2, 0.25) is 5.91 Å². The minimum atomic E-state index is 0.0754. The maximum atomic E-state index is 13.5. The molecular formula is C26H30N6O. The molecule has 1 amide bonds. The van der Waals surface area contributed by atoms with Crippen molar-refractivity contribution in [3.8, 4) is 0 Å². The van der Waals surface area contributed by atoms with Crippen molar-refractivity contribution < 1.29 is 4.79 Å². The van der Waals surface area contributed by atoms with Gasteiger partial charge in [-0.25, -0.2) is 4.98 Å². The normalized spacial score (nSPS) is 27.0. The Bertz CT molecular complexity index is 1220. The molecule has 1 N–H and O–H groups in total. The molecular weight excluding hydrogens is 412 g/mol. The molecule has 4 aliphatic rings. The van der Waals surface area contributed by atoms with E-state index in [1.54, 1.807) is 0 Å².